The van der Waals surface area contributed by atoms with Gasteiger partial charge in [-0.3, -0.25) is 9.78 Å². The number of carbonyl (C=O) groups excluding carboxylic acids is 1. The summed E-state index contributed by atoms with van der Waals surface area (Å²) < 4.78 is 21.3. The topological polar surface area (TPSA) is 74.8 Å². The van der Waals surface area contributed by atoms with Crippen LogP contribution >= 0.6 is 23.2 Å². The van der Waals surface area contributed by atoms with Gasteiger partial charge in [-0.1, -0.05) is 29.3 Å². The number of rotatable bonds is 4. The number of aromatic nitrogens is 1. The highest BCUT2D eigenvalue weighted by Gasteiger charge is 2.58. The molecule has 1 aromatic carbocycles. The number of hydrogen-bond donors (Lipinski definition) is 2. The highest BCUT2D eigenvalue weighted by molar-refractivity contribution is 6.35. The van der Waals surface area contributed by atoms with Crippen LogP contribution in [0.5, 0.6) is 0 Å². The van der Waals surface area contributed by atoms with Crippen molar-refractivity contribution in [2.24, 2.45) is 0 Å². The van der Waals surface area contributed by atoms with E-state index in [4.69, 9.17) is 27.9 Å². The quantitative estimate of drug-likeness (QED) is 0.757. The van der Waals surface area contributed by atoms with Crippen molar-refractivity contribution < 1.29 is 19.0 Å². The van der Waals surface area contributed by atoms with Crippen molar-refractivity contribution in [1.82, 2.24) is 10.3 Å². The Balaban J connectivity index is 1.59. The summed E-state index contributed by atoms with van der Waals surface area (Å²) in [6.07, 6.45) is 1.98. The lowest BCUT2D eigenvalue weighted by atomic mass is 9.77. The summed E-state index contributed by atoms with van der Waals surface area (Å²) >= 11 is 12.1. The Morgan fingerprint density at radius 1 is 1.37 bits per heavy atom. The molecule has 4 rings (SSSR count). The van der Waals surface area contributed by atoms with Gasteiger partial charge in [-0.05, 0) is 42.2 Å². The number of aliphatic hydroxyl groups excluding tert-OH is 1. The van der Waals surface area contributed by atoms with Crippen LogP contribution in [0.15, 0.2) is 30.5 Å². The first kappa shape index (κ1) is 18.6. The summed E-state index contributed by atoms with van der Waals surface area (Å²) in [6.45, 7) is 0.182. The number of amides is 1. The number of aliphatic hydroxyl groups is 1. The van der Waals surface area contributed by atoms with Gasteiger partial charge in [-0.15, -0.1) is 0 Å². The summed E-state index contributed by atoms with van der Waals surface area (Å²) in [4.78, 5) is 17.0. The number of pyridine rings is 1. The van der Waals surface area contributed by atoms with Crippen LogP contribution in [0, 0.1) is 0 Å². The number of fused-ring (bicyclic) bond motifs is 2. The molecule has 1 saturated heterocycles. The molecule has 1 spiro atoms. The Morgan fingerprint density at radius 2 is 2.15 bits per heavy atom. The number of benzene rings is 1. The van der Waals surface area contributed by atoms with Gasteiger partial charge in [-0.25, -0.2) is 4.39 Å². The summed E-state index contributed by atoms with van der Waals surface area (Å²) in [6, 6.07) is 6.28. The Labute approximate surface area is 165 Å². The van der Waals surface area contributed by atoms with Crippen LogP contribution in [0.3, 0.4) is 0 Å². The normalized spacial score (nSPS) is 25.9. The molecule has 1 amide bonds. The molecule has 0 unspecified atom stereocenters. The van der Waals surface area contributed by atoms with Crippen LogP contribution in [-0.2, 0) is 34.0 Å². The van der Waals surface area contributed by atoms with Gasteiger partial charge < -0.3 is 15.2 Å². The Morgan fingerprint density at radius 3 is 2.85 bits per heavy atom. The van der Waals surface area contributed by atoms with Crippen LogP contribution in [0.25, 0.3) is 0 Å². The van der Waals surface area contributed by atoms with E-state index < -0.39 is 17.2 Å². The van der Waals surface area contributed by atoms with E-state index in [9.17, 15) is 9.90 Å². The molecular weight excluding hydrogens is 394 g/mol. The van der Waals surface area contributed by atoms with Gasteiger partial charge in [0.05, 0.1) is 18.9 Å². The first-order chi connectivity index (χ1) is 12.9. The monoisotopic (exact) mass is 410 g/mol. The molecule has 142 valence electrons. The maximum atomic E-state index is 15.8. The van der Waals surface area contributed by atoms with Crippen molar-refractivity contribution >= 4 is 29.1 Å². The molecule has 27 heavy (non-hydrogen) atoms. The number of carbonyl (C=O) groups is 1. The van der Waals surface area contributed by atoms with Crippen molar-refractivity contribution in [3.05, 3.63) is 62.9 Å². The van der Waals surface area contributed by atoms with Crippen molar-refractivity contribution in [3.63, 3.8) is 0 Å². The molecule has 8 heteroatoms. The van der Waals surface area contributed by atoms with Crippen molar-refractivity contribution in [3.8, 4) is 0 Å². The van der Waals surface area contributed by atoms with Gasteiger partial charge in [0.25, 0.3) is 5.91 Å². The largest absolute Gasteiger partial charge is 0.392 e. The van der Waals surface area contributed by atoms with E-state index in [0.29, 0.717) is 39.9 Å². The zero-order chi connectivity index (χ0) is 19.2. The molecule has 0 saturated carbocycles. The second-order valence-corrected chi connectivity index (χ2v) is 7.69. The predicted octanol–water partition coefficient (Wildman–Crippen LogP) is 3.38. The number of alkyl halides is 1. The van der Waals surface area contributed by atoms with Crippen molar-refractivity contribution in [2.75, 3.05) is 6.61 Å². The summed E-state index contributed by atoms with van der Waals surface area (Å²) in [5.74, 6) is -0.762. The van der Waals surface area contributed by atoms with E-state index in [1.807, 2.05) is 0 Å². The van der Waals surface area contributed by atoms with E-state index >= 15 is 4.39 Å². The summed E-state index contributed by atoms with van der Waals surface area (Å²) in [7, 11) is 0. The molecule has 1 aliphatic carbocycles. The van der Waals surface area contributed by atoms with E-state index in [-0.39, 0.29) is 25.1 Å². The third kappa shape index (κ3) is 3.10. The molecule has 0 bridgehead atoms. The maximum absolute atomic E-state index is 15.8. The van der Waals surface area contributed by atoms with Crippen molar-refractivity contribution in [1.29, 1.82) is 0 Å². The minimum Gasteiger partial charge on any atom is -0.392 e. The minimum atomic E-state index is -2.20. The van der Waals surface area contributed by atoms with Crippen LogP contribution < -0.4 is 5.32 Å². The van der Waals surface area contributed by atoms with Gasteiger partial charge in [0.15, 0.2) is 0 Å². The van der Waals surface area contributed by atoms with Crippen LogP contribution in [0.1, 0.15) is 35.2 Å². The fourth-order valence-corrected chi connectivity index (χ4v) is 4.23. The van der Waals surface area contributed by atoms with Gasteiger partial charge in [-0.2, -0.15) is 0 Å². The number of hydrogen-bond acceptors (Lipinski definition) is 4. The number of ether oxygens (including phenoxy) is 1. The van der Waals surface area contributed by atoms with Crippen LogP contribution in [-0.4, -0.2) is 22.6 Å². The zero-order valence-corrected chi connectivity index (χ0v) is 15.8. The number of nitrogens with zero attached hydrogens (tertiary/aromatic N) is 1. The molecule has 1 aromatic heterocycles. The average Bonchev–Trinajstić information content (AvgIpc) is 3.44. The lowest BCUT2D eigenvalue weighted by molar-refractivity contribution is -0.135. The zero-order valence-electron chi connectivity index (χ0n) is 14.3. The first-order valence-corrected chi connectivity index (χ1v) is 9.30. The third-order valence-corrected chi connectivity index (χ3v) is 5.80. The smallest absolute Gasteiger partial charge is 0.262 e. The number of epoxide rings is 1. The lowest BCUT2D eigenvalue weighted by Gasteiger charge is -2.33. The molecule has 2 heterocycles. The molecule has 0 radical (unpaired) electrons. The standard InChI is InChI=1S/C19H17Cl2FN2O3/c20-12-6-11(9-25)13(15(21)7-12)8-24-17(26)19(22)4-3-18(10-27-18)16-14(19)2-1-5-23-16/h1-2,5-7,25H,3-4,8-10H2,(H,24,26)/t18-,19-/m0/s1. The summed E-state index contributed by atoms with van der Waals surface area (Å²) in [5.41, 5.74) is -1.01. The van der Waals surface area contributed by atoms with Crippen LogP contribution in [0.2, 0.25) is 10.0 Å². The highest BCUT2D eigenvalue weighted by atomic mass is 35.5. The number of nitrogens with one attached hydrogen (secondary N) is 1. The highest BCUT2D eigenvalue weighted by Crippen LogP contribution is 2.53. The molecule has 1 aliphatic heterocycles. The first-order valence-electron chi connectivity index (χ1n) is 8.54. The van der Waals surface area contributed by atoms with Crippen molar-refractivity contribution in [2.45, 2.75) is 37.3 Å². The lowest BCUT2D eigenvalue weighted by Crippen LogP contribution is -2.45. The average molecular weight is 411 g/mol. The SMILES string of the molecule is O=C(NCc1c(Cl)cc(Cl)cc1CO)[C@]1(F)CC[C@]2(CO2)c2ncccc21. The van der Waals surface area contributed by atoms with E-state index in [1.165, 1.54) is 6.07 Å². The molecule has 2 N–H and O–H groups in total. The summed E-state index contributed by atoms with van der Waals surface area (Å²) in [5, 5.41) is 12.8. The Bertz CT molecular complexity index is 920. The molecule has 2 aliphatic rings. The second-order valence-electron chi connectivity index (χ2n) is 6.85. The molecule has 2 aromatic rings. The fraction of sp³-hybridized carbons (Fsp3) is 0.368. The van der Waals surface area contributed by atoms with E-state index in [1.54, 1.807) is 24.4 Å². The number of halogens is 3. The fourth-order valence-electron chi connectivity index (χ4n) is 3.62. The molecule has 5 nitrogen and oxygen atoms in total. The molecule has 1 fully saturated rings. The molecule has 2 atom stereocenters. The van der Waals surface area contributed by atoms with Crippen LogP contribution in [0.4, 0.5) is 4.39 Å². The third-order valence-electron chi connectivity index (χ3n) is 5.24. The van der Waals surface area contributed by atoms with E-state index in [0.717, 1.165) is 0 Å². The van der Waals surface area contributed by atoms with E-state index in [2.05, 4.69) is 10.3 Å². The predicted molar refractivity (Wildman–Crippen MR) is 98.1 cm³/mol. The Kier molecular flexibility index (Phi) is 4.63. The van der Waals surface area contributed by atoms with Gasteiger partial charge in [0.1, 0.15) is 5.60 Å². The Hall–Kier alpha value is -1.73. The molecular formula is C19H17Cl2FN2O3. The second kappa shape index (κ2) is 6.71. The van der Waals surface area contributed by atoms with Gasteiger partial charge >= 0.3 is 0 Å². The maximum Gasteiger partial charge on any atom is 0.262 e. The van der Waals surface area contributed by atoms with Gasteiger partial charge in [0, 0.05) is 28.4 Å². The minimum absolute atomic E-state index is 0.0126. The van der Waals surface area contributed by atoms with Gasteiger partial charge in [0.2, 0.25) is 5.67 Å².